The van der Waals surface area contributed by atoms with Gasteiger partial charge in [-0.3, -0.25) is 14.1 Å². The highest BCUT2D eigenvalue weighted by Crippen LogP contribution is 2.36. The lowest BCUT2D eigenvalue weighted by molar-refractivity contribution is -0.161. The maximum absolute atomic E-state index is 12.4. The van der Waals surface area contributed by atoms with Crippen LogP contribution in [0.2, 0.25) is 0 Å². The molecule has 276 valence electrons. The Kier molecular flexibility index (Phi) is 30.4. The lowest BCUT2D eigenvalue weighted by atomic mass is 10.0. The zero-order chi connectivity index (χ0) is 35.7. The van der Waals surface area contributed by atoms with E-state index in [-0.39, 0.29) is 32.1 Å². The van der Waals surface area contributed by atoms with Crippen LogP contribution in [0.5, 0.6) is 0 Å². The minimum Gasteiger partial charge on any atom is -0.462 e. The van der Waals surface area contributed by atoms with Gasteiger partial charge in [-0.15, -0.1) is 0 Å². The van der Waals surface area contributed by atoms with Gasteiger partial charge in [-0.25, -0.2) is 4.57 Å². The number of esters is 2. The molecular weight excluding hydrogens is 635 g/mol. The Morgan fingerprint density at radius 2 is 1.21 bits per heavy atom. The minimum absolute atomic E-state index is 0.108. The number of aliphatic hydroxyl groups is 2. The predicted molar refractivity (Wildman–Crippen MR) is 191 cm³/mol. The molecule has 0 fully saturated rings. The largest absolute Gasteiger partial charge is 0.469 e. The van der Waals surface area contributed by atoms with Gasteiger partial charge < -0.3 is 29.5 Å². The number of phosphoric acid groups is 1. The summed E-state index contributed by atoms with van der Waals surface area (Å²) in [5, 5.41) is 20.5. The summed E-state index contributed by atoms with van der Waals surface area (Å²) in [6, 6.07) is 0. The smallest absolute Gasteiger partial charge is 0.462 e. The van der Waals surface area contributed by atoms with Gasteiger partial charge in [0.2, 0.25) is 0 Å². The van der Waals surface area contributed by atoms with Gasteiger partial charge in [0.25, 0.3) is 0 Å². The number of hydrogen-bond acceptors (Lipinski definition) is 8. The van der Waals surface area contributed by atoms with E-state index < -0.39 is 51.3 Å². The average molecular weight is 699 g/mol. The van der Waals surface area contributed by atoms with E-state index in [0.29, 0.717) is 6.42 Å². The van der Waals surface area contributed by atoms with E-state index in [1.165, 1.54) is 12.8 Å². The van der Waals surface area contributed by atoms with Crippen LogP contribution in [0.25, 0.3) is 0 Å². The van der Waals surface area contributed by atoms with Gasteiger partial charge >= 0.3 is 19.8 Å². The van der Waals surface area contributed by atoms with Crippen LogP contribution in [0.1, 0.15) is 129 Å². The molecule has 4 N–H and O–H groups in total. The molecule has 0 unspecified atom stereocenters. The number of ether oxygens (including phenoxy) is 2. The highest BCUT2D eigenvalue weighted by molar-refractivity contribution is 7.46. The first-order valence-corrected chi connectivity index (χ1v) is 19.3. The standard InChI is InChI=1S/C37H63O10P/c1-3-5-7-9-11-13-15-17-18-20-22-24-27-34(38)35(39)28-26-30-37(41)47-33(32-46-48(42,43)44)31-45-36(40)29-25-23-21-19-16-14-12-10-8-6-4-2/h5,7,10-13,17-18,22,24,33-35,38-39H,3-4,6,8-9,14-16,19-21,23,25-32H2,1-2H3,(H2,42,43,44)/b7-5-,12-10-,13-11-,18-17-,24-22-/t33-,34-,35-/m1/s1. The van der Waals surface area contributed by atoms with Crippen molar-refractivity contribution in [2.45, 2.75) is 148 Å². The molecular formula is C37H63O10P. The van der Waals surface area contributed by atoms with Gasteiger partial charge in [-0.05, 0) is 70.6 Å². The van der Waals surface area contributed by atoms with Crippen LogP contribution in [0.4, 0.5) is 0 Å². The molecule has 0 spiro atoms. The zero-order valence-electron chi connectivity index (χ0n) is 29.3. The third kappa shape index (κ3) is 32.2. The Hall–Kier alpha value is -2.33. The maximum atomic E-state index is 12.4. The fourth-order valence-electron chi connectivity index (χ4n) is 4.44. The van der Waals surface area contributed by atoms with E-state index in [9.17, 15) is 24.4 Å². The molecule has 0 aliphatic heterocycles. The molecule has 48 heavy (non-hydrogen) atoms. The summed E-state index contributed by atoms with van der Waals surface area (Å²) in [4.78, 5) is 42.6. The van der Waals surface area contributed by atoms with E-state index >= 15 is 0 Å². The van der Waals surface area contributed by atoms with Crippen molar-refractivity contribution < 1.29 is 48.2 Å². The summed E-state index contributed by atoms with van der Waals surface area (Å²) in [7, 11) is -4.83. The molecule has 0 bridgehead atoms. The fraction of sp³-hybridized carbons (Fsp3) is 0.676. The van der Waals surface area contributed by atoms with Crippen molar-refractivity contribution in [1.29, 1.82) is 0 Å². The van der Waals surface area contributed by atoms with Crippen LogP contribution < -0.4 is 0 Å². The number of phosphoric ester groups is 1. The van der Waals surface area contributed by atoms with Crippen molar-refractivity contribution in [3.8, 4) is 0 Å². The molecule has 0 aromatic heterocycles. The Balaban J connectivity index is 4.31. The van der Waals surface area contributed by atoms with Crippen LogP contribution in [0.3, 0.4) is 0 Å². The lowest BCUT2D eigenvalue weighted by Gasteiger charge is -2.19. The summed E-state index contributed by atoms with van der Waals surface area (Å²) in [6.45, 7) is 3.24. The van der Waals surface area contributed by atoms with Gasteiger partial charge in [0, 0.05) is 12.8 Å². The molecule has 3 atom stereocenters. The Bertz CT molecular complexity index is 998. The Labute approximate surface area is 289 Å². The SMILES string of the molecule is CC/C=C\C/C=C\C/C=C\C/C=C\C[C@@H](O)[C@H](O)CCCC(=O)O[C@H](COC(=O)CCCCCCC/C=C\CCCC)COP(=O)(O)O. The number of aliphatic hydroxyl groups excluding tert-OH is 2. The molecule has 0 rings (SSSR count). The average Bonchev–Trinajstić information content (AvgIpc) is 3.04. The molecule has 10 nitrogen and oxygen atoms in total. The quantitative estimate of drug-likeness (QED) is 0.0241. The number of unbranched alkanes of at least 4 members (excludes halogenated alkanes) is 7. The van der Waals surface area contributed by atoms with Gasteiger partial charge in [-0.1, -0.05) is 107 Å². The van der Waals surface area contributed by atoms with Gasteiger partial charge in [0.1, 0.15) is 6.61 Å². The highest BCUT2D eigenvalue weighted by Gasteiger charge is 2.23. The number of carbonyl (C=O) groups is 2. The normalized spacial score (nSPS) is 14.5. The van der Waals surface area contributed by atoms with Crippen molar-refractivity contribution in [1.82, 2.24) is 0 Å². The van der Waals surface area contributed by atoms with Crippen LogP contribution in [-0.4, -0.2) is 63.5 Å². The first-order chi connectivity index (χ1) is 23.1. The van der Waals surface area contributed by atoms with Crippen molar-refractivity contribution in [2.75, 3.05) is 13.2 Å². The third-order valence-corrected chi connectivity index (χ3v) is 7.71. The van der Waals surface area contributed by atoms with Crippen LogP contribution in [-0.2, 0) is 28.2 Å². The molecule has 0 saturated heterocycles. The third-order valence-electron chi connectivity index (χ3n) is 7.22. The summed E-state index contributed by atoms with van der Waals surface area (Å²) in [6.07, 6.45) is 31.3. The van der Waals surface area contributed by atoms with Crippen molar-refractivity contribution in [3.63, 3.8) is 0 Å². The Morgan fingerprint density at radius 3 is 1.83 bits per heavy atom. The maximum Gasteiger partial charge on any atom is 0.469 e. The summed E-state index contributed by atoms with van der Waals surface area (Å²) < 4.78 is 26.1. The lowest BCUT2D eigenvalue weighted by Crippen LogP contribution is -2.30. The minimum atomic E-state index is -4.83. The van der Waals surface area contributed by atoms with Gasteiger partial charge in [-0.2, -0.15) is 0 Å². The second-order valence-corrected chi connectivity index (χ2v) is 13.0. The number of hydrogen-bond donors (Lipinski definition) is 4. The molecule has 0 aliphatic rings. The van der Waals surface area contributed by atoms with Crippen molar-refractivity contribution in [2.24, 2.45) is 0 Å². The van der Waals surface area contributed by atoms with Gasteiger partial charge in [0.15, 0.2) is 6.10 Å². The number of allylic oxidation sites excluding steroid dienone is 9. The number of carbonyl (C=O) groups excluding carboxylic acids is 2. The highest BCUT2D eigenvalue weighted by atomic mass is 31.2. The molecule has 0 aromatic rings. The molecule has 0 saturated carbocycles. The molecule has 0 amide bonds. The summed E-state index contributed by atoms with van der Waals surface area (Å²) in [5.41, 5.74) is 0. The van der Waals surface area contributed by atoms with E-state index in [2.05, 4.69) is 60.9 Å². The van der Waals surface area contributed by atoms with E-state index in [1.54, 1.807) is 6.08 Å². The van der Waals surface area contributed by atoms with E-state index in [4.69, 9.17) is 19.3 Å². The predicted octanol–water partition coefficient (Wildman–Crippen LogP) is 8.12. The van der Waals surface area contributed by atoms with Crippen LogP contribution in [0, 0.1) is 0 Å². The second-order valence-electron chi connectivity index (χ2n) is 11.8. The first kappa shape index (κ1) is 45.7. The molecule has 0 aromatic carbocycles. The Morgan fingerprint density at radius 1 is 0.646 bits per heavy atom. The first-order valence-electron chi connectivity index (χ1n) is 17.7. The van der Waals surface area contributed by atoms with Crippen molar-refractivity contribution in [3.05, 3.63) is 60.8 Å². The van der Waals surface area contributed by atoms with Crippen molar-refractivity contribution >= 4 is 19.8 Å². The van der Waals surface area contributed by atoms with Crippen LogP contribution >= 0.6 is 7.82 Å². The molecule has 11 heteroatoms. The van der Waals surface area contributed by atoms with Gasteiger partial charge in [0.05, 0.1) is 18.8 Å². The number of rotatable bonds is 31. The van der Waals surface area contributed by atoms with E-state index in [0.717, 1.165) is 64.2 Å². The zero-order valence-corrected chi connectivity index (χ0v) is 30.2. The van der Waals surface area contributed by atoms with E-state index in [1.807, 2.05) is 12.2 Å². The second kappa shape index (κ2) is 31.9. The monoisotopic (exact) mass is 698 g/mol. The molecule has 0 heterocycles. The molecule has 0 radical (unpaired) electrons. The summed E-state index contributed by atoms with van der Waals surface area (Å²) >= 11 is 0. The van der Waals surface area contributed by atoms with Crippen LogP contribution in [0.15, 0.2) is 60.8 Å². The topological polar surface area (TPSA) is 160 Å². The fourth-order valence-corrected chi connectivity index (χ4v) is 4.80. The summed E-state index contributed by atoms with van der Waals surface area (Å²) in [5.74, 6) is -1.19. The molecule has 0 aliphatic carbocycles.